The van der Waals surface area contributed by atoms with Gasteiger partial charge in [-0.15, -0.1) is 0 Å². The maximum absolute atomic E-state index is 14.0. The highest BCUT2D eigenvalue weighted by Crippen LogP contribution is 2.47. The van der Waals surface area contributed by atoms with Crippen molar-refractivity contribution in [3.05, 3.63) is 41.3 Å². The molecule has 0 N–H and O–H groups in total. The van der Waals surface area contributed by atoms with Crippen LogP contribution in [-0.4, -0.2) is 87.8 Å². The van der Waals surface area contributed by atoms with E-state index in [2.05, 4.69) is 12.1 Å². The van der Waals surface area contributed by atoms with Gasteiger partial charge in [-0.2, -0.15) is 5.10 Å². The number of carbonyl (C=O) groups excluding carboxylic acids is 1. The molecule has 6 rings (SSSR count). The van der Waals surface area contributed by atoms with Crippen LogP contribution < -0.4 is 0 Å². The van der Waals surface area contributed by atoms with Gasteiger partial charge in [0, 0.05) is 18.0 Å². The van der Waals surface area contributed by atoms with Crippen LogP contribution in [0.4, 0.5) is 13.6 Å². The van der Waals surface area contributed by atoms with Gasteiger partial charge in [-0.1, -0.05) is 6.07 Å². The molecule has 4 aliphatic heterocycles. The molecule has 2 fully saturated rings. The van der Waals surface area contributed by atoms with Crippen molar-refractivity contribution in [1.82, 2.24) is 19.6 Å². The van der Waals surface area contributed by atoms with Gasteiger partial charge >= 0.3 is 6.09 Å². The van der Waals surface area contributed by atoms with Crippen molar-refractivity contribution in [2.24, 2.45) is 4.99 Å². The van der Waals surface area contributed by atoms with Gasteiger partial charge in [0.05, 0.1) is 49.1 Å². The Bertz CT molecular complexity index is 1410. The number of aliphatic imine (C=N–C) groups is 1. The Morgan fingerprint density at radius 2 is 2.02 bits per heavy atom. The van der Waals surface area contributed by atoms with E-state index < -0.39 is 17.6 Å². The first-order valence-electron chi connectivity index (χ1n) is 15.5. The van der Waals surface area contributed by atoms with Crippen molar-refractivity contribution < 1.29 is 27.8 Å². The highest BCUT2D eigenvalue weighted by Gasteiger charge is 2.46. The summed E-state index contributed by atoms with van der Waals surface area (Å²) >= 11 is 0. The van der Waals surface area contributed by atoms with Gasteiger partial charge in [-0.3, -0.25) is 9.89 Å². The summed E-state index contributed by atoms with van der Waals surface area (Å²) in [6.07, 6.45) is 6.90. The molecule has 1 aromatic carbocycles. The molecule has 5 heterocycles. The highest BCUT2D eigenvalue weighted by molar-refractivity contribution is 5.84. The summed E-state index contributed by atoms with van der Waals surface area (Å²) in [6, 6.07) is 3.70. The Kier molecular flexibility index (Phi) is 8.00. The van der Waals surface area contributed by atoms with E-state index in [1.165, 1.54) is 0 Å². The number of halogens is 2. The number of amides is 1. The van der Waals surface area contributed by atoms with E-state index in [-0.39, 0.29) is 37.1 Å². The van der Waals surface area contributed by atoms with Gasteiger partial charge in [-0.25, -0.2) is 18.3 Å². The fourth-order valence-corrected chi connectivity index (χ4v) is 6.87. The first-order chi connectivity index (χ1) is 20.4. The molecule has 1 amide bonds. The highest BCUT2D eigenvalue weighted by atomic mass is 19.3. The van der Waals surface area contributed by atoms with Crippen LogP contribution in [0.2, 0.25) is 0 Å². The molecule has 0 bridgehead atoms. The smallest absolute Gasteiger partial charge is 0.410 e. The largest absolute Gasteiger partial charge is 0.485 e. The van der Waals surface area contributed by atoms with Crippen LogP contribution in [0.1, 0.15) is 83.7 Å². The minimum absolute atomic E-state index is 0.0765. The summed E-state index contributed by atoms with van der Waals surface area (Å²) in [7, 11) is 0. The molecule has 0 spiro atoms. The Morgan fingerprint density at radius 3 is 2.67 bits per heavy atom. The van der Waals surface area contributed by atoms with Gasteiger partial charge in [-0.05, 0) is 90.0 Å². The minimum Gasteiger partial charge on any atom is -0.485 e. The molecule has 0 radical (unpaired) electrons. The minimum atomic E-state index is -2.46. The average molecular weight is 600 g/mol. The third-order valence-corrected chi connectivity index (χ3v) is 8.99. The SMILES string of the molecule is C[C@@H]1Cc2c(ccc3c2cnn3C2CCCCO2)[C@@H](C2(C)CC=C(OC3CN(C(=O)OC(C)(C)C)C3)C=N2)N1CC(F)F. The van der Waals surface area contributed by atoms with Crippen LogP contribution in [0.15, 0.2) is 35.2 Å². The lowest BCUT2D eigenvalue weighted by atomic mass is 9.75. The van der Waals surface area contributed by atoms with Crippen molar-refractivity contribution in [2.75, 3.05) is 26.2 Å². The predicted molar refractivity (Wildman–Crippen MR) is 159 cm³/mol. The van der Waals surface area contributed by atoms with Gasteiger partial charge in [0.1, 0.15) is 17.5 Å². The molecule has 234 valence electrons. The monoisotopic (exact) mass is 599 g/mol. The number of likely N-dealkylation sites (tertiary alicyclic amines) is 1. The Balaban J connectivity index is 1.22. The molecule has 4 atom stereocenters. The number of nitrogens with zero attached hydrogens (tertiary/aromatic N) is 5. The fourth-order valence-electron chi connectivity index (χ4n) is 6.87. The van der Waals surface area contributed by atoms with Crippen molar-refractivity contribution in [3.8, 4) is 0 Å². The van der Waals surface area contributed by atoms with Gasteiger partial charge in [0.25, 0.3) is 6.43 Å². The number of rotatable bonds is 6. The van der Waals surface area contributed by atoms with Crippen LogP contribution in [0.5, 0.6) is 0 Å². The number of hydrogen-bond acceptors (Lipinski definition) is 7. The average Bonchev–Trinajstić information content (AvgIpc) is 3.36. The molecule has 43 heavy (non-hydrogen) atoms. The van der Waals surface area contributed by atoms with E-state index in [9.17, 15) is 13.6 Å². The molecule has 4 aliphatic rings. The Hall–Kier alpha value is -3.05. The Labute approximate surface area is 251 Å². The number of hydrogen-bond donors (Lipinski definition) is 0. The fraction of sp³-hybridized carbons (Fsp3) is 0.656. The van der Waals surface area contributed by atoms with Gasteiger partial charge in [0.2, 0.25) is 0 Å². The topological polar surface area (TPSA) is 81.4 Å². The molecule has 9 nitrogen and oxygen atoms in total. The van der Waals surface area contributed by atoms with Crippen LogP contribution in [0, 0.1) is 0 Å². The van der Waals surface area contributed by atoms with Crippen LogP contribution in [0.25, 0.3) is 10.9 Å². The molecule has 1 aromatic heterocycles. The lowest BCUT2D eigenvalue weighted by Gasteiger charge is -2.49. The zero-order valence-corrected chi connectivity index (χ0v) is 25.8. The Morgan fingerprint density at radius 1 is 1.23 bits per heavy atom. The van der Waals surface area contributed by atoms with Crippen LogP contribution in [0.3, 0.4) is 0 Å². The lowest BCUT2D eigenvalue weighted by Crippen LogP contribution is -2.56. The van der Waals surface area contributed by atoms with E-state index in [0.717, 1.165) is 47.9 Å². The summed E-state index contributed by atoms with van der Waals surface area (Å²) in [6.45, 7) is 10.9. The number of alkyl halides is 2. The molecule has 0 aliphatic carbocycles. The first-order valence-corrected chi connectivity index (χ1v) is 15.5. The van der Waals surface area contributed by atoms with E-state index in [1.54, 1.807) is 11.1 Å². The first kappa shape index (κ1) is 30.0. The summed E-state index contributed by atoms with van der Waals surface area (Å²) in [5.41, 5.74) is 1.98. The second-order valence-electron chi connectivity index (χ2n) is 13.6. The summed E-state index contributed by atoms with van der Waals surface area (Å²) in [4.78, 5) is 20.8. The maximum atomic E-state index is 14.0. The zero-order chi connectivity index (χ0) is 30.5. The maximum Gasteiger partial charge on any atom is 0.410 e. The third-order valence-electron chi connectivity index (χ3n) is 8.99. The van der Waals surface area contributed by atoms with Crippen LogP contribution in [-0.2, 0) is 20.6 Å². The molecular formula is C32H43F2N5O4. The van der Waals surface area contributed by atoms with Crippen molar-refractivity contribution in [3.63, 3.8) is 0 Å². The molecule has 2 aromatic rings. The number of fused-ring (bicyclic) bond motifs is 3. The second-order valence-corrected chi connectivity index (χ2v) is 13.6. The van der Waals surface area contributed by atoms with E-state index >= 15 is 0 Å². The van der Waals surface area contributed by atoms with Crippen molar-refractivity contribution >= 4 is 23.2 Å². The van der Waals surface area contributed by atoms with Crippen molar-refractivity contribution in [1.29, 1.82) is 0 Å². The molecule has 11 heteroatoms. The van der Waals surface area contributed by atoms with E-state index in [0.29, 0.717) is 31.7 Å². The standard InChI is InChI=1S/C32H43F2N5O4/c1-20-14-24-23(9-10-26-25(24)16-36-39(26)28-8-6-7-13-41-28)29(38(20)19-27(33)34)32(5)12-11-21(15-35-32)42-22-17-37(18-22)30(40)43-31(2,3)4/h9-11,15-16,20,22,27-29H,6-8,12-14,17-19H2,1-5H3/t20-,28?,29+,32?/m1/s1. The number of dihydropyridines is 1. The quantitative estimate of drug-likeness (QED) is 0.403. The van der Waals surface area contributed by atoms with Crippen molar-refractivity contribution in [2.45, 2.75) is 109 Å². The number of aromatic nitrogens is 2. The van der Waals surface area contributed by atoms with Gasteiger partial charge < -0.3 is 19.1 Å². The molecule has 0 saturated carbocycles. The normalized spacial score (nSPS) is 28.5. The summed E-state index contributed by atoms with van der Waals surface area (Å²) in [5.74, 6) is 0.639. The number of benzene rings is 1. The number of carbonyl (C=O) groups is 1. The molecule has 2 unspecified atom stereocenters. The summed E-state index contributed by atoms with van der Waals surface area (Å²) in [5, 5.41) is 5.79. The lowest BCUT2D eigenvalue weighted by molar-refractivity contribution is -0.0389. The van der Waals surface area contributed by atoms with Crippen LogP contribution >= 0.6 is 0 Å². The molecular weight excluding hydrogens is 556 g/mol. The number of ether oxygens (including phenoxy) is 3. The second kappa shape index (κ2) is 11.5. The summed E-state index contributed by atoms with van der Waals surface area (Å²) < 4.78 is 47.5. The predicted octanol–water partition coefficient (Wildman–Crippen LogP) is 6.04. The zero-order valence-electron chi connectivity index (χ0n) is 25.8. The van der Waals surface area contributed by atoms with Gasteiger partial charge in [0.15, 0.2) is 6.23 Å². The number of allylic oxidation sites excluding steroid dienone is 1. The van der Waals surface area contributed by atoms with E-state index in [4.69, 9.17) is 24.3 Å². The third kappa shape index (κ3) is 6.02. The molecule has 2 saturated heterocycles. The van der Waals surface area contributed by atoms with E-state index in [1.807, 2.05) is 56.5 Å².